The molecule has 0 bridgehead atoms. The summed E-state index contributed by atoms with van der Waals surface area (Å²) in [5.41, 5.74) is 0.613. The molecule has 1 aromatic carbocycles. The predicted octanol–water partition coefficient (Wildman–Crippen LogP) is 2.49. The Hall–Kier alpha value is -1.62. The van der Waals surface area contributed by atoms with Crippen LogP contribution < -0.4 is 10.6 Å². The van der Waals surface area contributed by atoms with Crippen LogP contribution in [0.25, 0.3) is 6.08 Å². The first-order chi connectivity index (χ1) is 9.26. The summed E-state index contributed by atoms with van der Waals surface area (Å²) in [6.07, 6.45) is 3.11. The highest BCUT2D eigenvalue weighted by atomic mass is 79.9. The van der Waals surface area contributed by atoms with Gasteiger partial charge >= 0.3 is 0 Å². The summed E-state index contributed by atoms with van der Waals surface area (Å²) < 4.78 is 0.949. The van der Waals surface area contributed by atoms with Crippen molar-refractivity contribution in [2.75, 3.05) is 6.54 Å². The first-order valence-corrected chi connectivity index (χ1v) is 7.08. The molecule has 20 heavy (non-hydrogen) atoms. The number of benzene rings is 1. The maximum atomic E-state index is 11.6. The average Bonchev–Trinajstić information content (AvgIpc) is 2.32. The van der Waals surface area contributed by atoms with E-state index in [1.165, 1.54) is 6.08 Å². The molecule has 0 aliphatic heterocycles. The lowest BCUT2D eigenvalue weighted by molar-refractivity contribution is -0.124. The highest BCUT2D eigenvalue weighted by Crippen LogP contribution is 2.12. The van der Waals surface area contributed by atoms with Crippen molar-refractivity contribution >= 4 is 33.8 Å². The van der Waals surface area contributed by atoms with Crippen molar-refractivity contribution in [2.45, 2.75) is 26.3 Å². The van der Waals surface area contributed by atoms with E-state index in [2.05, 4.69) is 26.6 Å². The van der Waals surface area contributed by atoms with Gasteiger partial charge < -0.3 is 10.6 Å². The van der Waals surface area contributed by atoms with E-state index in [9.17, 15) is 9.59 Å². The standard InChI is InChI=1S/C15H19BrN2O2/c1-15(2,3)18-14(20)10-17-13(19)8-7-11-5-4-6-12(16)9-11/h4-9H,10H2,1-3H3,(H,17,19)(H,18,20)/b8-7+. The van der Waals surface area contributed by atoms with E-state index in [4.69, 9.17) is 0 Å². The third-order valence-electron chi connectivity index (χ3n) is 2.21. The zero-order valence-corrected chi connectivity index (χ0v) is 13.5. The van der Waals surface area contributed by atoms with Gasteiger partial charge in [-0.2, -0.15) is 0 Å². The molecule has 0 heterocycles. The average molecular weight is 339 g/mol. The van der Waals surface area contributed by atoms with Crippen LogP contribution in [0.4, 0.5) is 0 Å². The molecule has 0 saturated carbocycles. The molecule has 108 valence electrons. The smallest absolute Gasteiger partial charge is 0.244 e. The van der Waals surface area contributed by atoms with Crippen molar-refractivity contribution in [2.24, 2.45) is 0 Å². The number of carbonyl (C=O) groups excluding carboxylic acids is 2. The maximum absolute atomic E-state index is 11.6. The largest absolute Gasteiger partial charge is 0.350 e. The summed E-state index contributed by atoms with van der Waals surface area (Å²) in [7, 11) is 0. The van der Waals surface area contributed by atoms with Gasteiger partial charge in [-0.1, -0.05) is 28.1 Å². The van der Waals surface area contributed by atoms with Crippen molar-refractivity contribution in [1.29, 1.82) is 0 Å². The second-order valence-electron chi connectivity index (χ2n) is 5.40. The van der Waals surface area contributed by atoms with Crippen LogP contribution in [0.2, 0.25) is 0 Å². The Morgan fingerprint density at radius 1 is 1.30 bits per heavy atom. The van der Waals surface area contributed by atoms with E-state index in [1.807, 2.05) is 45.0 Å². The molecular weight excluding hydrogens is 320 g/mol. The Bertz CT molecular complexity index is 519. The quantitative estimate of drug-likeness (QED) is 0.828. The molecule has 0 unspecified atom stereocenters. The van der Waals surface area contributed by atoms with Crippen LogP contribution in [-0.4, -0.2) is 23.9 Å². The van der Waals surface area contributed by atoms with Gasteiger partial charge in [0.1, 0.15) is 0 Å². The van der Waals surface area contributed by atoms with Gasteiger partial charge in [0.05, 0.1) is 6.54 Å². The molecule has 0 atom stereocenters. The second kappa shape index (κ2) is 7.24. The molecule has 5 heteroatoms. The molecular formula is C15H19BrN2O2. The number of rotatable bonds is 4. The third kappa shape index (κ3) is 7.09. The Balaban J connectivity index is 2.42. The fourth-order valence-corrected chi connectivity index (χ4v) is 1.89. The van der Waals surface area contributed by atoms with Crippen molar-refractivity contribution in [3.05, 3.63) is 40.4 Å². The van der Waals surface area contributed by atoms with Gasteiger partial charge in [0.15, 0.2) is 0 Å². The number of hydrogen-bond acceptors (Lipinski definition) is 2. The van der Waals surface area contributed by atoms with Gasteiger partial charge in [0.2, 0.25) is 11.8 Å². The highest BCUT2D eigenvalue weighted by molar-refractivity contribution is 9.10. The predicted molar refractivity (Wildman–Crippen MR) is 84.1 cm³/mol. The van der Waals surface area contributed by atoms with Gasteiger partial charge in [-0.05, 0) is 44.5 Å². The Labute approximate surface area is 127 Å². The summed E-state index contributed by atoms with van der Waals surface area (Å²) in [6, 6.07) is 7.59. The van der Waals surface area contributed by atoms with E-state index in [0.717, 1.165) is 10.0 Å². The highest BCUT2D eigenvalue weighted by Gasteiger charge is 2.13. The number of amides is 2. The Kier molecular flexibility index (Phi) is 5.95. The van der Waals surface area contributed by atoms with Crippen LogP contribution in [-0.2, 0) is 9.59 Å². The lowest BCUT2D eigenvalue weighted by atomic mass is 10.1. The fraction of sp³-hybridized carbons (Fsp3) is 0.333. The molecule has 0 radical (unpaired) electrons. The molecule has 2 amide bonds. The van der Waals surface area contributed by atoms with E-state index < -0.39 is 0 Å². The van der Waals surface area contributed by atoms with E-state index in [1.54, 1.807) is 6.08 Å². The molecule has 0 spiro atoms. The van der Waals surface area contributed by atoms with E-state index in [0.29, 0.717) is 0 Å². The van der Waals surface area contributed by atoms with Crippen LogP contribution in [0.5, 0.6) is 0 Å². The zero-order valence-electron chi connectivity index (χ0n) is 11.9. The fourth-order valence-electron chi connectivity index (χ4n) is 1.47. The van der Waals surface area contributed by atoms with Crippen LogP contribution in [0.1, 0.15) is 26.3 Å². The van der Waals surface area contributed by atoms with Crippen LogP contribution in [0.15, 0.2) is 34.8 Å². The zero-order chi connectivity index (χ0) is 15.2. The minimum atomic E-state index is -0.298. The molecule has 0 aliphatic carbocycles. The minimum Gasteiger partial charge on any atom is -0.350 e. The van der Waals surface area contributed by atoms with E-state index >= 15 is 0 Å². The summed E-state index contributed by atoms with van der Waals surface area (Å²) in [4.78, 5) is 23.1. The van der Waals surface area contributed by atoms with Crippen molar-refractivity contribution < 1.29 is 9.59 Å². The number of halogens is 1. The summed E-state index contributed by atoms with van der Waals surface area (Å²) in [5, 5.41) is 5.31. The van der Waals surface area contributed by atoms with Gasteiger partial charge in [0.25, 0.3) is 0 Å². The molecule has 0 fully saturated rings. The molecule has 1 rings (SSSR count). The van der Waals surface area contributed by atoms with Crippen molar-refractivity contribution in [3.63, 3.8) is 0 Å². The van der Waals surface area contributed by atoms with Crippen LogP contribution >= 0.6 is 15.9 Å². The normalized spacial score (nSPS) is 11.4. The topological polar surface area (TPSA) is 58.2 Å². The summed E-state index contributed by atoms with van der Waals surface area (Å²) in [5.74, 6) is -0.504. The molecule has 4 nitrogen and oxygen atoms in total. The lowest BCUT2D eigenvalue weighted by Gasteiger charge is -2.20. The third-order valence-corrected chi connectivity index (χ3v) is 2.71. The lowest BCUT2D eigenvalue weighted by Crippen LogP contribution is -2.45. The molecule has 1 aromatic rings. The summed E-state index contributed by atoms with van der Waals surface area (Å²) >= 11 is 3.36. The molecule has 2 N–H and O–H groups in total. The van der Waals surface area contributed by atoms with Gasteiger partial charge in [0, 0.05) is 16.1 Å². The van der Waals surface area contributed by atoms with Gasteiger partial charge in [-0.15, -0.1) is 0 Å². The SMILES string of the molecule is CC(C)(C)NC(=O)CNC(=O)/C=C/c1cccc(Br)c1. The Morgan fingerprint density at radius 2 is 2.00 bits per heavy atom. The summed E-state index contributed by atoms with van der Waals surface area (Å²) in [6.45, 7) is 5.64. The second-order valence-corrected chi connectivity index (χ2v) is 6.32. The molecule has 0 aliphatic rings. The first-order valence-electron chi connectivity index (χ1n) is 6.29. The minimum absolute atomic E-state index is 0.0288. The van der Waals surface area contributed by atoms with Gasteiger partial charge in [-0.25, -0.2) is 0 Å². The number of carbonyl (C=O) groups is 2. The Morgan fingerprint density at radius 3 is 2.60 bits per heavy atom. The first kappa shape index (κ1) is 16.4. The van der Waals surface area contributed by atoms with Crippen LogP contribution in [0.3, 0.4) is 0 Å². The van der Waals surface area contributed by atoms with Crippen molar-refractivity contribution in [3.8, 4) is 0 Å². The number of nitrogens with one attached hydrogen (secondary N) is 2. The monoisotopic (exact) mass is 338 g/mol. The van der Waals surface area contributed by atoms with Crippen molar-refractivity contribution in [1.82, 2.24) is 10.6 Å². The van der Waals surface area contributed by atoms with Crippen LogP contribution in [0, 0.1) is 0 Å². The molecule has 0 saturated heterocycles. The van der Waals surface area contributed by atoms with Gasteiger partial charge in [-0.3, -0.25) is 9.59 Å². The van der Waals surface area contributed by atoms with E-state index in [-0.39, 0.29) is 23.9 Å². The number of hydrogen-bond donors (Lipinski definition) is 2. The maximum Gasteiger partial charge on any atom is 0.244 e. The molecule has 0 aromatic heterocycles.